The summed E-state index contributed by atoms with van der Waals surface area (Å²) in [5.74, 6) is -0.0651. The quantitative estimate of drug-likeness (QED) is 0.383. The van der Waals surface area contributed by atoms with Crippen molar-refractivity contribution in [2.45, 2.75) is 5.16 Å². The number of benzene rings is 1. The van der Waals surface area contributed by atoms with Gasteiger partial charge in [0.05, 0.1) is 5.75 Å². The highest BCUT2D eigenvalue weighted by Gasteiger charge is 2.13. The Labute approximate surface area is 147 Å². The third kappa shape index (κ3) is 4.06. The van der Waals surface area contributed by atoms with E-state index in [4.69, 9.17) is 0 Å². The Morgan fingerprint density at radius 1 is 1.17 bits per heavy atom. The topological polar surface area (TPSA) is 64.8 Å². The summed E-state index contributed by atoms with van der Waals surface area (Å²) in [5.41, 5.74) is 0.639. The highest BCUT2D eigenvalue weighted by atomic mass is 32.2. The zero-order valence-electron chi connectivity index (χ0n) is 12.5. The van der Waals surface area contributed by atoms with Gasteiger partial charge in [0.1, 0.15) is 6.33 Å². The smallest absolute Gasteiger partial charge is 0.258 e. The van der Waals surface area contributed by atoms with Crippen molar-refractivity contribution < 1.29 is 9.59 Å². The average molecular weight is 355 g/mol. The van der Waals surface area contributed by atoms with Crippen LogP contribution in [0.25, 0.3) is 6.08 Å². The number of thioether (sulfide) groups is 1. The molecule has 0 aliphatic heterocycles. The first-order valence-corrected chi connectivity index (χ1v) is 8.97. The van der Waals surface area contributed by atoms with Crippen LogP contribution in [0.15, 0.2) is 65.4 Å². The minimum absolute atomic E-state index is 0.0169. The fraction of sp³-hybridized carbons (Fsp3) is 0.0588. The van der Waals surface area contributed by atoms with E-state index in [0.29, 0.717) is 10.7 Å². The van der Waals surface area contributed by atoms with Gasteiger partial charge in [-0.15, -0.1) is 21.5 Å². The molecule has 0 amide bonds. The SMILES string of the molecule is O=C(CSc1nncn1C(=O)C=Cc1cccs1)c1ccccc1. The predicted molar refractivity (Wildman–Crippen MR) is 95.5 cm³/mol. The number of thiophene rings is 1. The number of rotatable bonds is 6. The molecule has 0 fully saturated rings. The Hall–Kier alpha value is -2.51. The van der Waals surface area contributed by atoms with Crippen molar-refractivity contribution in [1.82, 2.24) is 14.8 Å². The van der Waals surface area contributed by atoms with Crippen LogP contribution in [-0.4, -0.2) is 32.2 Å². The van der Waals surface area contributed by atoms with E-state index in [2.05, 4.69) is 10.2 Å². The molecule has 0 bridgehead atoms. The Balaban J connectivity index is 1.65. The molecule has 0 aliphatic carbocycles. The number of hydrogen-bond donors (Lipinski definition) is 0. The van der Waals surface area contributed by atoms with E-state index in [9.17, 15) is 9.59 Å². The molecule has 0 N–H and O–H groups in total. The monoisotopic (exact) mass is 355 g/mol. The maximum absolute atomic E-state index is 12.2. The van der Waals surface area contributed by atoms with Gasteiger partial charge in [0, 0.05) is 16.5 Å². The molecule has 0 unspecified atom stereocenters. The van der Waals surface area contributed by atoms with Crippen LogP contribution in [0.1, 0.15) is 20.0 Å². The summed E-state index contributed by atoms with van der Waals surface area (Å²) in [5, 5.41) is 10.0. The molecular weight excluding hydrogens is 342 g/mol. The number of carbonyl (C=O) groups is 2. The van der Waals surface area contributed by atoms with Gasteiger partial charge in [0.25, 0.3) is 5.91 Å². The van der Waals surface area contributed by atoms with Gasteiger partial charge in [0.2, 0.25) is 0 Å². The molecule has 5 nitrogen and oxygen atoms in total. The Morgan fingerprint density at radius 2 is 2.00 bits per heavy atom. The van der Waals surface area contributed by atoms with Crippen molar-refractivity contribution in [2.75, 3.05) is 5.75 Å². The highest BCUT2D eigenvalue weighted by Crippen LogP contribution is 2.17. The molecule has 0 atom stereocenters. The van der Waals surface area contributed by atoms with Crippen molar-refractivity contribution in [2.24, 2.45) is 0 Å². The Bertz CT molecular complexity index is 855. The van der Waals surface area contributed by atoms with Gasteiger partial charge in [0.15, 0.2) is 10.9 Å². The van der Waals surface area contributed by atoms with E-state index in [-0.39, 0.29) is 17.4 Å². The summed E-state index contributed by atoms with van der Waals surface area (Å²) in [4.78, 5) is 25.4. The van der Waals surface area contributed by atoms with E-state index in [1.165, 1.54) is 28.7 Å². The minimum Gasteiger partial charge on any atom is -0.293 e. The van der Waals surface area contributed by atoms with E-state index >= 15 is 0 Å². The van der Waals surface area contributed by atoms with E-state index in [1.54, 1.807) is 29.5 Å². The van der Waals surface area contributed by atoms with Crippen molar-refractivity contribution in [3.63, 3.8) is 0 Å². The molecule has 0 saturated carbocycles. The van der Waals surface area contributed by atoms with Crippen molar-refractivity contribution in [3.8, 4) is 0 Å². The second kappa shape index (κ2) is 7.85. The third-order valence-electron chi connectivity index (χ3n) is 3.12. The minimum atomic E-state index is -0.247. The zero-order chi connectivity index (χ0) is 16.8. The van der Waals surface area contributed by atoms with Crippen LogP contribution in [0.3, 0.4) is 0 Å². The standard InChI is InChI=1S/C17H13N3O2S2/c21-15(13-5-2-1-3-6-13)11-24-17-19-18-12-20(17)16(22)9-8-14-7-4-10-23-14/h1-10,12H,11H2. The van der Waals surface area contributed by atoms with Gasteiger partial charge in [-0.3, -0.25) is 9.59 Å². The molecule has 3 aromatic rings. The molecule has 0 saturated heterocycles. The van der Waals surface area contributed by atoms with Crippen LogP contribution in [0, 0.1) is 0 Å². The predicted octanol–water partition coefficient (Wildman–Crippen LogP) is 3.67. The molecule has 7 heteroatoms. The van der Waals surface area contributed by atoms with Crippen LogP contribution in [0.4, 0.5) is 0 Å². The lowest BCUT2D eigenvalue weighted by Gasteiger charge is -2.02. The molecule has 0 spiro atoms. The van der Waals surface area contributed by atoms with Gasteiger partial charge in [-0.1, -0.05) is 48.2 Å². The third-order valence-corrected chi connectivity index (χ3v) is 4.90. The summed E-state index contributed by atoms with van der Waals surface area (Å²) in [6, 6.07) is 12.9. The fourth-order valence-electron chi connectivity index (χ4n) is 1.93. The number of Topliss-reactive ketones (excluding diaryl/α,β-unsaturated/α-hetero) is 1. The summed E-state index contributed by atoms with van der Waals surface area (Å²) in [7, 11) is 0. The van der Waals surface area contributed by atoms with Gasteiger partial charge >= 0.3 is 0 Å². The summed E-state index contributed by atoms with van der Waals surface area (Å²) in [6.45, 7) is 0. The van der Waals surface area contributed by atoms with Gasteiger partial charge in [-0.2, -0.15) is 0 Å². The van der Waals surface area contributed by atoms with E-state index in [1.807, 2.05) is 35.7 Å². The second-order valence-corrected chi connectivity index (χ2v) is 6.67. The van der Waals surface area contributed by atoms with Gasteiger partial charge in [-0.25, -0.2) is 4.57 Å². The molecule has 3 rings (SSSR count). The number of ketones is 1. The number of aromatic nitrogens is 3. The molecule has 0 radical (unpaired) electrons. The Kier molecular flexibility index (Phi) is 5.35. The van der Waals surface area contributed by atoms with Crippen molar-refractivity contribution in [3.05, 3.63) is 70.7 Å². The Morgan fingerprint density at radius 3 is 2.75 bits per heavy atom. The first kappa shape index (κ1) is 16.4. The lowest BCUT2D eigenvalue weighted by Crippen LogP contribution is -2.09. The summed E-state index contributed by atoms with van der Waals surface area (Å²) >= 11 is 2.74. The number of hydrogen-bond acceptors (Lipinski definition) is 6. The van der Waals surface area contributed by atoms with Gasteiger partial charge < -0.3 is 0 Å². The van der Waals surface area contributed by atoms with Crippen LogP contribution in [0.5, 0.6) is 0 Å². The fourth-order valence-corrected chi connectivity index (χ4v) is 3.36. The number of carbonyl (C=O) groups excluding carboxylic acids is 2. The van der Waals surface area contributed by atoms with E-state index in [0.717, 1.165) is 4.88 Å². The maximum atomic E-state index is 12.2. The molecule has 2 heterocycles. The van der Waals surface area contributed by atoms with Crippen molar-refractivity contribution in [1.29, 1.82) is 0 Å². The van der Waals surface area contributed by atoms with E-state index < -0.39 is 0 Å². The molecule has 120 valence electrons. The lowest BCUT2D eigenvalue weighted by molar-refractivity contribution is 0.0957. The van der Waals surface area contributed by atoms with Gasteiger partial charge in [-0.05, 0) is 17.5 Å². The van der Waals surface area contributed by atoms with Crippen molar-refractivity contribution >= 4 is 40.9 Å². The summed E-state index contributed by atoms with van der Waals surface area (Å²) in [6.07, 6.45) is 4.57. The molecule has 24 heavy (non-hydrogen) atoms. The molecule has 1 aromatic carbocycles. The zero-order valence-corrected chi connectivity index (χ0v) is 14.2. The first-order chi connectivity index (χ1) is 11.7. The van der Waals surface area contributed by atoms with Crippen LogP contribution in [-0.2, 0) is 0 Å². The summed E-state index contributed by atoms with van der Waals surface area (Å²) < 4.78 is 1.34. The molecule has 2 aromatic heterocycles. The highest BCUT2D eigenvalue weighted by molar-refractivity contribution is 7.99. The molecule has 0 aliphatic rings. The number of nitrogens with zero attached hydrogens (tertiary/aromatic N) is 3. The first-order valence-electron chi connectivity index (χ1n) is 7.11. The second-order valence-electron chi connectivity index (χ2n) is 4.75. The maximum Gasteiger partial charge on any atom is 0.258 e. The lowest BCUT2D eigenvalue weighted by atomic mass is 10.2. The largest absolute Gasteiger partial charge is 0.293 e. The normalized spacial score (nSPS) is 11.0. The number of allylic oxidation sites excluding steroid dienone is 1. The van der Waals surface area contributed by atoms with Crippen LogP contribution < -0.4 is 0 Å². The average Bonchev–Trinajstić information content (AvgIpc) is 3.30. The van der Waals surface area contributed by atoms with Crippen LogP contribution in [0.2, 0.25) is 0 Å². The van der Waals surface area contributed by atoms with Crippen LogP contribution >= 0.6 is 23.1 Å². The molecular formula is C17H13N3O2S2.